The number of hydrogen-bond acceptors (Lipinski definition) is 10. The standard InChI is InChI=1S/C34H50FN7O6S/c1-24(2)42(25(3)4)33(43)29-16-26(35)6-9-30(29)48-31-17-36-22-37-32(31)40-20-34(21-40)10-13-39(14-11-34)18-28-8-7-27(19-47-28)38-49(44,45)41-12-5-15-46-23-41/h6,9,16-17,22,24-25,27-28,38H,5,7-8,10-15,18-21,23H2,1-4H3/t27-,28+/m1/s1. The number of amides is 1. The first-order valence-corrected chi connectivity index (χ1v) is 18.9. The van der Waals surface area contributed by atoms with Crippen molar-refractivity contribution >= 4 is 21.9 Å². The van der Waals surface area contributed by atoms with Gasteiger partial charge in [-0.05, 0) is 91.1 Å². The fraction of sp³-hybridized carbons (Fsp3) is 0.676. The SMILES string of the molecule is CC(C)N(C(=O)c1cc(F)ccc1Oc1cncnc1N1CC2(CCN(C[C@@H]3CC[C@@H](NS(=O)(=O)N4CCCOC4)CO3)CC2)C1)C(C)C. The molecule has 6 rings (SSSR count). The van der Waals surface area contributed by atoms with Gasteiger partial charge in [0.25, 0.3) is 16.1 Å². The molecule has 4 fully saturated rings. The van der Waals surface area contributed by atoms with Gasteiger partial charge in [-0.3, -0.25) is 4.79 Å². The molecule has 49 heavy (non-hydrogen) atoms. The zero-order chi connectivity index (χ0) is 34.8. The van der Waals surface area contributed by atoms with Crippen LogP contribution in [0.15, 0.2) is 30.7 Å². The van der Waals surface area contributed by atoms with Gasteiger partial charge >= 0.3 is 0 Å². The van der Waals surface area contributed by atoms with E-state index >= 15 is 0 Å². The average Bonchev–Trinajstić information content (AvgIpc) is 3.06. The Kier molecular flexibility index (Phi) is 11.1. The molecule has 13 nitrogen and oxygen atoms in total. The molecule has 0 aliphatic carbocycles. The van der Waals surface area contributed by atoms with Gasteiger partial charge < -0.3 is 28.9 Å². The summed E-state index contributed by atoms with van der Waals surface area (Å²) in [6, 6.07) is 3.65. The van der Waals surface area contributed by atoms with Crippen LogP contribution in [-0.4, -0.2) is 122 Å². The van der Waals surface area contributed by atoms with Gasteiger partial charge in [-0.15, -0.1) is 0 Å². The monoisotopic (exact) mass is 703 g/mol. The van der Waals surface area contributed by atoms with Gasteiger partial charge in [0.2, 0.25) is 0 Å². The largest absolute Gasteiger partial charge is 0.451 e. The van der Waals surface area contributed by atoms with Crippen LogP contribution in [0.4, 0.5) is 10.2 Å². The van der Waals surface area contributed by atoms with Crippen molar-refractivity contribution in [3.05, 3.63) is 42.1 Å². The van der Waals surface area contributed by atoms with Gasteiger partial charge in [-0.2, -0.15) is 17.4 Å². The highest BCUT2D eigenvalue weighted by Gasteiger charge is 2.46. The minimum absolute atomic E-state index is 0.0700. The summed E-state index contributed by atoms with van der Waals surface area (Å²) in [6.07, 6.45) is 7.53. The number of nitrogens with zero attached hydrogens (tertiary/aromatic N) is 6. The fourth-order valence-corrected chi connectivity index (χ4v) is 8.86. The molecule has 15 heteroatoms. The predicted octanol–water partition coefficient (Wildman–Crippen LogP) is 3.63. The summed E-state index contributed by atoms with van der Waals surface area (Å²) >= 11 is 0. The molecule has 0 saturated carbocycles. The Morgan fingerprint density at radius 1 is 1.12 bits per heavy atom. The van der Waals surface area contributed by atoms with E-state index in [-0.39, 0.29) is 53.6 Å². The minimum Gasteiger partial charge on any atom is -0.451 e. The van der Waals surface area contributed by atoms with Crippen LogP contribution in [0.1, 0.15) is 70.2 Å². The number of rotatable bonds is 11. The second kappa shape index (κ2) is 15.1. The van der Waals surface area contributed by atoms with Gasteiger partial charge in [0.05, 0.1) is 24.5 Å². The Balaban J connectivity index is 1.000. The minimum atomic E-state index is -3.58. The molecule has 1 aromatic heterocycles. The molecule has 5 heterocycles. The molecule has 2 aromatic rings. The van der Waals surface area contributed by atoms with Crippen molar-refractivity contribution in [2.75, 3.05) is 64.1 Å². The molecular weight excluding hydrogens is 653 g/mol. The van der Waals surface area contributed by atoms with Gasteiger partial charge in [0.1, 0.15) is 24.6 Å². The quantitative estimate of drug-likeness (QED) is 0.371. The van der Waals surface area contributed by atoms with Crippen molar-refractivity contribution in [2.45, 2.75) is 84.0 Å². The number of hydrogen-bond donors (Lipinski definition) is 1. The molecule has 270 valence electrons. The number of anilines is 1. The van der Waals surface area contributed by atoms with E-state index in [4.69, 9.17) is 14.2 Å². The number of halogens is 1. The van der Waals surface area contributed by atoms with Crippen LogP contribution in [0.2, 0.25) is 0 Å². The topological polar surface area (TPSA) is 130 Å². The summed E-state index contributed by atoms with van der Waals surface area (Å²) in [5.41, 5.74) is 0.343. The average molecular weight is 704 g/mol. The highest BCUT2D eigenvalue weighted by Crippen LogP contribution is 2.45. The Labute approximate surface area is 289 Å². The number of benzene rings is 1. The van der Waals surface area contributed by atoms with Crippen molar-refractivity contribution in [3.63, 3.8) is 0 Å². The molecule has 4 aliphatic rings. The molecule has 2 atom stereocenters. The molecule has 4 saturated heterocycles. The maximum absolute atomic E-state index is 14.4. The van der Waals surface area contributed by atoms with E-state index in [0.717, 1.165) is 58.4 Å². The lowest BCUT2D eigenvalue weighted by Gasteiger charge is -2.54. The Morgan fingerprint density at radius 2 is 1.88 bits per heavy atom. The summed E-state index contributed by atoms with van der Waals surface area (Å²) < 4.78 is 61.6. The lowest BCUT2D eigenvalue weighted by atomic mass is 9.72. The smallest absolute Gasteiger partial charge is 0.281 e. The third-order valence-corrected chi connectivity index (χ3v) is 11.7. The van der Waals surface area contributed by atoms with E-state index in [0.29, 0.717) is 37.7 Å². The molecule has 0 bridgehead atoms. The van der Waals surface area contributed by atoms with E-state index in [1.54, 1.807) is 11.1 Å². The number of aromatic nitrogens is 2. The van der Waals surface area contributed by atoms with Crippen LogP contribution >= 0.6 is 0 Å². The molecule has 4 aliphatic heterocycles. The van der Waals surface area contributed by atoms with Crippen LogP contribution in [-0.2, 0) is 19.7 Å². The first kappa shape index (κ1) is 35.9. The van der Waals surface area contributed by atoms with Crippen LogP contribution in [0.25, 0.3) is 0 Å². The van der Waals surface area contributed by atoms with E-state index in [1.807, 2.05) is 27.7 Å². The normalized spacial score (nSPS) is 23.5. The van der Waals surface area contributed by atoms with E-state index in [2.05, 4.69) is 24.5 Å². The maximum Gasteiger partial charge on any atom is 0.281 e. The highest BCUT2D eigenvalue weighted by molar-refractivity contribution is 7.87. The third kappa shape index (κ3) is 8.34. The van der Waals surface area contributed by atoms with Crippen LogP contribution < -0.4 is 14.4 Å². The van der Waals surface area contributed by atoms with E-state index < -0.39 is 16.0 Å². The van der Waals surface area contributed by atoms with Crippen molar-refractivity contribution in [2.24, 2.45) is 5.41 Å². The van der Waals surface area contributed by atoms with Gasteiger partial charge in [-0.1, -0.05) is 0 Å². The van der Waals surface area contributed by atoms with Gasteiger partial charge in [-0.25, -0.2) is 14.4 Å². The number of nitrogens with one attached hydrogen (secondary N) is 1. The molecule has 1 amide bonds. The summed E-state index contributed by atoms with van der Waals surface area (Å²) in [7, 11) is -3.58. The summed E-state index contributed by atoms with van der Waals surface area (Å²) in [4.78, 5) is 28.6. The number of piperidine rings is 1. The first-order valence-electron chi connectivity index (χ1n) is 17.5. The number of carbonyl (C=O) groups excluding carboxylic acids is 1. The summed E-state index contributed by atoms with van der Waals surface area (Å²) in [5.74, 6) is 0.551. The molecule has 0 unspecified atom stereocenters. The predicted molar refractivity (Wildman–Crippen MR) is 182 cm³/mol. The van der Waals surface area contributed by atoms with Crippen LogP contribution in [0.3, 0.4) is 0 Å². The number of likely N-dealkylation sites (tertiary alicyclic amines) is 1. The second-order valence-electron chi connectivity index (χ2n) is 14.4. The summed E-state index contributed by atoms with van der Waals surface area (Å²) in [6.45, 7) is 13.7. The zero-order valence-corrected chi connectivity index (χ0v) is 29.8. The Hall–Kier alpha value is -2.95. The Bertz CT molecular complexity index is 1540. The lowest BCUT2D eigenvalue weighted by molar-refractivity contribution is -0.0305. The lowest BCUT2D eigenvalue weighted by Crippen LogP contribution is -2.61. The first-order chi connectivity index (χ1) is 23.4. The second-order valence-corrected chi connectivity index (χ2v) is 16.1. The highest BCUT2D eigenvalue weighted by atomic mass is 32.2. The van der Waals surface area contributed by atoms with Crippen molar-refractivity contribution in [1.29, 1.82) is 0 Å². The van der Waals surface area contributed by atoms with Gasteiger partial charge in [0, 0.05) is 56.3 Å². The molecule has 1 spiro atoms. The zero-order valence-electron chi connectivity index (χ0n) is 29.0. The van der Waals surface area contributed by atoms with Crippen molar-refractivity contribution in [3.8, 4) is 11.5 Å². The summed E-state index contributed by atoms with van der Waals surface area (Å²) in [5, 5.41) is 0. The van der Waals surface area contributed by atoms with E-state index in [1.165, 1.54) is 28.8 Å². The molecular formula is C34H50FN7O6S. The third-order valence-electron chi connectivity index (χ3n) is 10.1. The molecule has 1 aromatic carbocycles. The molecule has 0 radical (unpaired) electrons. The Morgan fingerprint density at radius 3 is 2.53 bits per heavy atom. The van der Waals surface area contributed by atoms with Crippen molar-refractivity contribution in [1.82, 2.24) is 28.8 Å². The molecule has 1 N–H and O–H groups in total. The maximum atomic E-state index is 14.4. The van der Waals surface area contributed by atoms with Crippen LogP contribution in [0.5, 0.6) is 11.5 Å². The van der Waals surface area contributed by atoms with Gasteiger partial charge in [0.15, 0.2) is 11.6 Å². The van der Waals surface area contributed by atoms with E-state index in [9.17, 15) is 17.6 Å². The number of carbonyl (C=O) groups is 1. The number of ether oxygens (including phenoxy) is 3. The van der Waals surface area contributed by atoms with Crippen molar-refractivity contribution < 1.29 is 31.8 Å². The van der Waals surface area contributed by atoms with Crippen LogP contribution in [0, 0.1) is 11.2 Å². The fourth-order valence-electron chi connectivity index (χ4n) is 7.52.